The van der Waals surface area contributed by atoms with E-state index in [2.05, 4.69) is 76.3 Å². The molecule has 1 N–H and O–H groups in total. The maximum absolute atomic E-state index is 9.32. The average molecular weight is 424 g/mol. The Morgan fingerprint density at radius 3 is 2.52 bits per heavy atom. The molecule has 1 unspecified atom stereocenters. The molecule has 0 spiro atoms. The minimum atomic E-state index is 0.224. The summed E-state index contributed by atoms with van der Waals surface area (Å²) in [4.78, 5) is 4.49. The highest BCUT2D eigenvalue weighted by atomic mass is 14.8. The van der Waals surface area contributed by atoms with Crippen molar-refractivity contribution >= 4 is 5.71 Å². The summed E-state index contributed by atoms with van der Waals surface area (Å²) in [5.74, 6) is 1.92. The van der Waals surface area contributed by atoms with Crippen LogP contribution in [0.25, 0.3) is 0 Å². The van der Waals surface area contributed by atoms with E-state index < -0.39 is 0 Å². The highest BCUT2D eigenvalue weighted by Crippen LogP contribution is 2.34. The van der Waals surface area contributed by atoms with E-state index in [1.54, 1.807) is 0 Å². The summed E-state index contributed by atoms with van der Waals surface area (Å²) in [6.07, 6.45) is 10.8. The largest absolute Gasteiger partial charge is 0.316 e. The molecule has 0 bridgehead atoms. The van der Waals surface area contributed by atoms with Gasteiger partial charge < -0.3 is 5.32 Å². The molecular formula is C28H45N3. The molecular weight excluding hydrogens is 378 g/mol. The quantitative estimate of drug-likeness (QED) is 0.158. The molecule has 1 aliphatic rings. The molecule has 1 aliphatic carbocycles. The second-order valence-corrected chi connectivity index (χ2v) is 9.73. The van der Waals surface area contributed by atoms with Crippen molar-refractivity contribution in [1.82, 2.24) is 5.32 Å². The molecule has 0 saturated heterocycles. The minimum Gasteiger partial charge on any atom is -0.316 e. The van der Waals surface area contributed by atoms with Gasteiger partial charge in [0.1, 0.15) is 0 Å². The second kappa shape index (κ2) is 14.2. The Kier molecular flexibility index (Phi) is 12.4. The van der Waals surface area contributed by atoms with Crippen LogP contribution in [0.5, 0.6) is 0 Å². The van der Waals surface area contributed by atoms with Crippen molar-refractivity contribution in [2.75, 3.05) is 20.1 Å². The smallest absolute Gasteiger partial charge is 0.0655 e. The molecule has 1 saturated carbocycles. The zero-order valence-corrected chi connectivity index (χ0v) is 20.9. The lowest BCUT2D eigenvalue weighted by Gasteiger charge is -2.28. The van der Waals surface area contributed by atoms with E-state index in [1.165, 1.54) is 29.6 Å². The fourth-order valence-electron chi connectivity index (χ4n) is 4.26. The summed E-state index contributed by atoms with van der Waals surface area (Å²) in [6.45, 7) is 21.5. The predicted molar refractivity (Wildman–Crippen MR) is 136 cm³/mol. The molecule has 1 rings (SSSR count). The molecule has 0 radical (unpaired) electrons. The van der Waals surface area contributed by atoms with Gasteiger partial charge in [0.25, 0.3) is 0 Å². The Bertz CT molecular complexity index is 730. The molecule has 0 amide bonds. The van der Waals surface area contributed by atoms with Crippen molar-refractivity contribution in [2.24, 2.45) is 28.7 Å². The first-order valence-electron chi connectivity index (χ1n) is 12.0. The lowest BCUT2D eigenvalue weighted by Crippen LogP contribution is -2.21. The van der Waals surface area contributed by atoms with E-state index in [0.29, 0.717) is 17.8 Å². The van der Waals surface area contributed by atoms with Gasteiger partial charge in [0, 0.05) is 18.7 Å². The van der Waals surface area contributed by atoms with Crippen LogP contribution in [0.15, 0.2) is 52.6 Å². The van der Waals surface area contributed by atoms with Gasteiger partial charge >= 0.3 is 0 Å². The summed E-state index contributed by atoms with van der Waals surface area (Å²) < 4.78 is 0. The van der Waals surface area contributed by atoms with Gasteiger partial charge in [-0.05, 0) is 87.9 Å². The van der Waals surface area contributed by atoms with Crippen LogP contribution in [0.1, 0.15) is 73.1 Å². The van der Waals surface area contributed by atoms with Gasteiger partial charge in [-0.3, -0.25) is 4.99 Å². The lowest BCUT2D eigenvalue weighted by atomic mass is 9.76. The third-order valence-corrected chi connectivity index (χ3v) is 6.41. The van der Waals surface area contributed by atoms with Crippen LogP contribution in [0, 0.1) is 35.0 Å². The van der Waals surface area contributed by atoms with Crippen LogP contribution in [0.3, 0.4) is 0 Å². The van der Waals surface area contributed by atoms with E-state index in [-0.39, 0.29) is 5.92 Å². The summed E-state index contributed by atoms with van der Waals surface area (Å²) >= 11 is 0. The summed E-state index contributed by atoms with van der Waals surface area (Å²) in [5.41, 5.74) is 5.74. The standard InChI is InChI=1S/C28H45N3/c1-20(2)19-31-15-14-22(5)16-28(21(3)4)27(24(7)30-8)13-12-23(6)26-11-9-10-25(17-26)18-29/h12-13,20,23,25-26,31H,3,5,9-11,14-17,19H2,1-2,4,6-8H3/b13-12-,28-27-,30-24-/t23?,25-,26+/m1/s1. The monoisotopic (exact) mass is 423 g/mol. The van der Waals surface area contributed by atoms with Crippen LogP contribution in [-0.2, 0) is 0 Å². The fraction of sp³-hybridized carbons (Fsp3) is 0.643. The van der Waals surface area contributed by atoms with E-state index in [0.717, 1.165) is 50.1 Å². The fourth-order valence-corrected chi connectivity index (χ4v) is 4.26. The van der Waals surface area contributed by atoms with Crippen molar-refractivity contribution < 1.29 is 0 Å². The number of hydrogen-bond donors (Lipinski definition) is 1. The molecule has 0 aliphatic heterocycles. The van der Waals surface area contributed by atoms with E-state index >= 15 is 0 Å². The highest BCUT2D eigenvalue weighted by molar-refractivity contribution is 6.02. The number of aliphatic imine (C=N–C) groups is 1. The van der Waals surface area contributed by atoms with E-state index in [9.17, 15) is 5.26 Å². The molecule has 0 heterocycles. The molecule has 1 fully saturated rings. The number of nitrogens with zero attached hydrogens (tertiary/aromatic N) is 2. The van der Waals surface area contributed by atoms with Gasteiger partial charge in [0.05, 0.1) is 6.07 Å². The van der Waals surface area contributed by atoms with Crippen molar-refractivity contribution in [3.8, 4) is 6.07 Å². The number of nitrogens with one attached hydrogen (secondary N) is 1. The van der Waals surface area contributed by atoms with Crippen LogP contribution in [0.2, 0.25) is 0 Å². The third-order valence-electron chi connectivity index (χ3n) is 6.41. The van der Waals surface area contributed by atoms with Gasteiger partial charge in [-0.2, -0.15) is 5.26 Å². The zero-order valence-electron chi connectivity index (χ0n) is 20.9. The van der Waals surface area contributed by atoms with E-state index in [4.69, 9.17) is 0 Å². The van der Waals surface area contributed by atoms with Gasteiger partial charge in [-0.25, -0.2) is 0 Å². The van der Waals surface area contributed by atoms with Crippen LogP contribution in [-0.4, -0.2) is 25.8 Å². The maximum Gasteiger partial charge on any atom is 0.0655 e. The first-order valence-corrected chi connectivity index (χ1v) is 12.0. The summed E-state index contributed by atoms with van der Waals surface area (Å²) in [6, 6.07) is 2.48. The zero-order chi connectivity index (χ0) is 23.4. The van der Waals surface area contributed by atoms with Crippen molar-refractivity contribution in [1.29, 1.82) is 5.26 Å². The Morgan fingerprint density at radius 1 is 1.23 bits per heavy atom. The number of allylic oxidation sites excluding steroid dienone is 5. The maximum atomic E-state index is 9.32. The van der Waals surface area contributed by atoms with Gasteiger partial charge in [-0.1, -0.05) is 63.6 Å². The Hall–Kier alpha value is -1.92. The van der Waals surface area contributed by atoms with Crippen molar-refractivity contribution in [3.63, 3.8) is 0 Å². The molecule has 31 heavy (non-hydrogen) atoms. The number of nitriles is 1. The minimum absolute atomic E-state index is 0.224. The summed E-state index contributed by atoms with van der Waals surface area (Å²) in [7, 11) is 1.85. The third kappa shape index (κ3) is 9.83. The van der Waals surface area contributed by atoms with Crippen LogP contribution in [0.4, 0.5) is 0 Å². The number of rotatable bonds is 12. The average Bonchev–Trinajstić information content (AvgIpc) is 2.75. The topological polar surface area (TPSA) is 48.2 Å². The van der Waals surface area contributed by atoms with Gasteiger partial charge in [0.15, 0.2) is 0 Å². The first-order chi connectivity index (χ1) is 14.7. The van der Waals surface area contributed by atoms with Gasteiger partial charge in [-0.15, -0.1) is 0 Å². The molecule has 0 aromatic carbocycles. The van der Waals surface area contributed by atoms with Gasteiger partial charge in [0.2, 0.25) is 0 Å². The predicted octanol–water partition coefficient (Wildman–Crippen LogP) is 7.05. The highest BCUT2D eigenvalue weighted by Gasteiger charge is 2.25. The Balaban J connectivity index is 2.97. The van der Waals surface area contributed by atoms with Crippen LogP contribution < -0.4 is 5.32 Å². The Labute approximate surface area is 192 Å². The van der Waals surface area contributed by atoms with Crippen LogP contribution >= 0.6 is 0 Å². The SMILES string of the molecule is C=C(CCNCC(C)C)C/C(C(=C)C)=C(\C=C/C(C)[C@H]1CCC[C@@H](C#N)C1)C(/C)=N\C. The first kappa shape index (κ1) is 27.1. The van der Waals surface area contributed by atoms with Crippen molar-refractivity contribution in [2.45, 2.75) is 73.1 Å². The van der Waals surface area contributed by atoms with Crippen molar-refractivity contribution in [3.05, 3.63) is 47.6 Å². The molecule has 3 nitrogen and oxygen atoms in total. The molecule has 3 heteroatoms. The molecule has 3 atom stereocenters. The van der Waals surface area contributed by atoms with E-state index in [1.807, 2.05) is 7.05 Å². The lowest BCUT2D eigenvalue weighted by molar-refractivity contribution is 0.262. The molecule has 0 aromatic rings. The Morgan fingerprint density at radius 2 is 1.94 bits per heavy atom. The normalized spacial score (nSPS) is 21.7. The number of hydrogen-bond acceptors (Lipinski definition) is 3. The molecule has 0 aromatic heterocycles. The molecule has 172 valence electrons. The second-order valence-electron chi connectivity index (χ2n) is 9.73. The summed E-state index contributed by atoms with van der Waals surface area (Å²) in [5, 5.41) is 12.8.